The van der Waals surface area contributed by atoms with Crippen molar-refractivity contribution in [3.05, 3.63) is 82.9 Å². The van der Waals surface area contributed by atoms with Crippen molar-refractivity contribution in [3.8, 4) is 0 Å². The van der Waals surface area contributed by atoms with E-state index in [0.29, 0.717) is 17.9 Å². The summed E-state index contributed by atoms with van der Waals surface area (Å²) in [4.78, 5) is 43.2. The predicted molar refractivity (Wildman–Crippen MR) is 150 cm³/mol. The molecule has 1 saturated heterocycles. The molecule has 0 radical (unpaired) electrons. The number of imidazole rings is 1. The number of rotatable bonds is 8. The van der Waals surface area contributed by atoms with Crippen LogP contribution in [0.25, 0.3) is 11.2 Å². The van der Waals surface area contributed by atoms with Gasteiger partial charge in [-0.25, -0.2) is 4.98 Å². The lowest BCUT2D eigenvalue weighted by molar-refractivity contribution is -0.0483. The Morgan fingerprint density at radius 3 is 2.45 bits per heavy atom. The fourth-order valence-corrected chi connectivity index (χ4v) is 8.13. The number of nitrogens with zero attached hydrogens (tertiary/aromatic N) is 5. The van der Waals surface area contributed by atoms with Gasteiger partial charge in [-0.3, -0.25) is 13.7 Å². The Morgan fingerprint density at radius 2 is 1.71 bits per heavy atom. The maximum Gasteiger partial charge on any atom is 0.340 e. The summed E-state index contributed by atoms with van der Waals surface area (Å²) in [5, 5.41) is 21.3. The normalized spacial score (nSPS) is 25.6. The van der Waals surface area contributed by atoms with E-state index in [2.05, 4.69) is 25.9 Å². The second kappa shape index (κ2) is 11.1. The van der Waals surface area contributed by atoms with Gasteiger partial charge >= 0.3 is 15.2 Å². The van der Waals surface area contributed by atoms with Crippen LogP contribution in [0.3, 0.4) is 0 Å². The zero-order valence-electron chi connectivity index (χ0n) is 21.7. The van der Waals surface area contributed by atoms with Gasteiger partial charge in [0.25, 0.3) is 0 Å². The molecular formula is C25H26ClN5O9P2. The molecule has 4 heterocycles. The monoisotopic (exact) mass is 637 g/mol. The molecule has 4 aromatic rings. The molecule has 0 amide bonds. The van der Waals surface area contributed by atoms with E-state index in [1.165, 1.54) is 10.9 Å². The molecular weight excluding hydrogens is 612 g/mol. The molecule has 14 nitrogen and oxygen atoms in total. The molecule has 17 heteroatoms. The zero-order chi connectivity index (χ0) is 29.8. The molecule has 1 fully saturated rings. The fraction of sp³-hybridized carbons (Fsp3) is 0.320. The fourth-order valence-electron chi connectivity index (χ4n) is 5.40. The first-order valence-corrected chi connectivity index (χ1v) is 16.7. The molecule has 42 heavy (non-hydrogen) atoms. The van der Waals surface area contributed by atoms with Gasteiger partial charge in [0.1, 0.15) is 18.3 Å². The highest BCUT2D eigenvalue weighted by Crippen LogP contribution is 2.55. The van der Waals surface area contributed by atoms with E-state index in [-0.39, 0.29) is 17.0 Å². The standard InChI is InChI=1S/C25H26ClN5O9P2/c26-25-28-22(30-10-15-8-4-5-9-16(15)19(30)14-6-2-1-3-7-14)18-23(29-25)31(12-27-18)24-21(33)20(32)17(40-24)11-39-42(37,38)13-41(34,35)36/h1-9,12,17,19-21,24,32-33H,10-11,13H2,(H,37,38)(H2,34,35,36). The van der Waals surface area contributed by atoms with Gasteiger partial charge in [0.2, 0.25) is 5.28 Å². The Labute approximate surface area is 243 Å². The number of hydrogen-bond donors (Lipinski definition) is 5. The second-order valence-corrected chi connectivity index (χ2v) is 14.4. The van der Waals surface area contributed by atoms with E-state index >= 15 is 0 Å². The molecule has 0 bridgehead atoms. The van der Waals surface area contributed by atoms with Crippen molar-refractivity contribution >= 4 is 43.8 Å². The Morgan fingerprint density at radius 1 is 1.00 bits per heavy atom. The summed E-state index contributed by atoms with van der Waals surface area (Å²) in [5.74, 6) is -0.955. The van der Waals surface area contributed by atoms with E-state index in [9.17, 15) is 24.2 Å². The van der Waals surface area contributed by atoms with E-state index in [4.69, 9.17) is 30.6 Å². The average Bonchev–Trinajstić information content (AvgIpc) is 3.60. The van der Waals surface area contributed by atoms with E-state index in [1.807, 2.05) is 48.5 Å². The van der Waals surface area contributed by atoms with Gasteiger partial charge in [-0.15, -0.1) is 0 Å². The lowest BCUT2D eigenvalue weighted by Crippen LogP contribution is -2.33. The van der Waals surface area contributed by atoms with Crippen LogP contribution in [0, 0.1) is 0 Å². The van der Waals surface area contributed by atoms with Crippen molar-refractivity contribution in [2.24, 2.45) is 0 Å². The van der Waals surface area contributed by atoms with Gasteiger partial charge in [0.15, 0.2) is 29.1 Å². The zero-order valence-corrected chi connectivity index (χ0v) is 24.2. The maximum absolute atomic E-state index is 12.1. The largest absolute Gasteiger partial charge is 0.387 e. The Balaban J connectivity index is 1.32. The summed E-state index contributed by atoms with van der Waals surface area (Å²) < 4.78 is 35.1. The van der Waals surface area contributed by atoms with Crippen molar-refractivity contribution in [1.82, 2.24) is 19.5 Å². The van der Waals surface area contributed by atoms with Crippen LogP contribution in [0.2, 0.25) is 5.28 Å². The summed E-state index contributed by atoms with van der Waals surface area (Å²) in [6.45, 7) is -0.206. The molecule has 5 N–H and O–H groups in total. The molecule has 0 spiro atoms. The highest BCUT2D eigenvalue weighted by Gasteiger charge is 2.46. The third-order valence-electron chi connectivity index (χ3n) is 7.18. The molecule has 2 aromatic heterocycles. The summed E-state index contributed by atoms with van der Waals surface area (Å²) in [5.41, 5.74) is 3.81. The van der Waals surface area contributed by atoms with Crippen LogP contribution in [-0.4, -0.2) is 75.2 Å². The van der Waals surface area contributed by atoms with Crippen molar-refractivity contribution in [3.63, 3.8) is 0 Å². The number of hydrogen-bond acceptors (Lipinski definition) is 10. The average molecular weight is 638 g/mol. The highest BCUT2D eigenvalue weighted by molar-refractivity contribution is 7.70. The first-order chi connectivity index (χ1) is 19.9. The van der Waals surface area contributed by atoms with Gasteiger partial charge in [-0.2, -0.15) is 9.97 Å². The Bertz CT molecular complexity index is 1720. The van der Waals surface area contributed by atoms with Crippen LogP contribution < -0.4 is 4.90 Å². The number of ether oxygens (including phenoxy) is 1. The van der Waals surface area contributed by atoms with Crippen molar-refractivity contribution in [2.45, 2.75) is 37.1 Å². The number of benzene rings is 2. The van der Waals surface area contributed by atoms with Gasteiger partial charge in [-0.1, -0.05) is 54.6 Å². The second-order valence-electron chi connectivity index (χ2n) is 10.1. The lowest BCUT2D eigenvalue weighted by Gasteiger charge is -2.27. The first-order valence-electron chi connectivity index (χ1n) is 12.7. The molecule has 6 atom stereocenters. The predicted octanol–water partition coefficient (Wildman–Crippen LogP) is 2.55. The van der Waals surface area contributed by atoms with Crippen LogP contribution in [0.1, 0.15) is 29.0 Å². The van der Waals surface area contributed by atoms with E-state index < -0.39 is 52.2 Å². The van der Waals surface area contributed by atoms with E-state index in [0.717, 1.165) is 16.7 Å². The van der Waals surface area contributed by atoms with Crippen LogP contribution in [0.15, 0.2) is 60.9 Å². The number of fused-ring (bicyclic) bond motifs is 2. The molecule has 0 aliphatic carbocycles. The number of halogens is 1. The van der Waals surface area contributed by atoms with Gasteiger partial charge in [0, 0.05) is 6.54 Å². The van der Waals surface area contributed by atoms with Gasteiger partial charge in [0.05, 0.1) is 19.0 Å². The van der Waals surface area contributed by atoms with Crippen molar-refractivity contribution < 1.29 is 43.3 Å². The SMILES string of the molecule is O=P(O)(O)CP(=O)(O)OCC1OC(n2cnc3c(N4Cc5ccccc5C4c4ccccc4)nc(Cl)nc32)C(O)C1O. The van der Waals surface area contributed by atoms with Gasteiger partial charge in [-0.05, 0) is 28.3 Å². The quantitative estimate of drug-likeness (QED) is 0.140. The number of aliphatic hydroxyl groups excluding tert-OH is 2. The Hall–Kier alpha value is -2.74. The molecule has 2 aliphatic heterocycles. The first kappa shape index (κ1) is 29.3. The van der Waals surface area contributed by atoms with Crippen LogP contribution in [-0.2, 0) is 24.9 Å². The van der Waals surface area contributed by atoms with Gasteiger partial charge < -0.3 is 39.1 Å². The van der Waals surface area contributed by atoms with Crippen LogP contribution in [0.4, 0.5) is 5.82 Å². The summed E-state index contributed by atoms with van der Waals surface area (Å²) in [7, 11) is -9.56. The molecule has 6 unspecified atom stereocenters. The third-order valence-corrected chi connectivity index (χ3v) is 10.8. The highest BCUT2D eigenvalue weighted by atomic mass is 35.5. The summed E-state index contributed by atoms with van der Waals surface area (Å²) in [6, 6.07) is 17.7. The van der Waals surface area contributed by atoms with Crippen LogP contribution >= 0.6 is 26.8 Å². The number of aromatic nitrogens is 4. The number of aliphatic hydroxyl groups is 2. The summed E-state index contributed by atoms with van der Waals surface area (Å²) >= 11 is 6.40. The Kier molecular flexibility index (Phi) is 7.73. The van der Waals surface area contributed by atoms with Crippen molar-refractivity contribution in [2.75, 3.05) is 17.4 Å². The lowest BCUT2D eigenvalue weighted by atomic mass is 9.98. The maximum atomic E-state index is 12.1. The minimum atomic E-state index is -4.85. The molecule has 6 rings (SSSR count). The minimum absolute atomic E-state index is 0.0893. The minimum Gasteiger partial charge on any atom is -0.387 e. The van der Waals surface area contributed by atoms with E-state index in [1.54, 1.807) is 0 Å². The smallest absolute Gasteiger partial charge is 0.340 e. The third kappa shape index (κ3) is 5.63. The molecule has 2 aromatic carbocycles. The van der Waals surface area contributed by atoms with Crippen molar-refractivity contribution in [1.29, 1.82) is 0 Å². The topological polar surface area (TPSA) is 201 Å². The molecule has 2 aliphatic rings. The number of anilines is 1. The molecule has 222 valence electrons. The summed E-state index contributed by atoms with van der Waals surface area (Å²) in [6.07, 6.45) is -4.32. The molecule has 0 saturated carbocycles. The van der Waals surface area contributed by atoms with Crippen LogP contribution in [0.5, 0.6) is 0 Å².